The number of hydrogen-bond donors (Lipinski definition) is 2. The summed E-state index contributed by atoms with van der Waals surface area (Å²) in [6.45, 7) is 8.93. The van der Waals surface area contributed by atoms with Gasteiger partial charge in [0.25, 0.3) is 0 Å². The van der Waals surface area contributed by atoms with Crippen LogP contribution in [0.5, 0.6) is 0 Å². The molecule has 2 fully saturated rings. The van der Waals surface area contributed by atoms with E-state index in [0.29, 0.717) is 6.61 Å². The van der Waals surface area contributed by atoms with Gasteiger partial charge in [0.2, 0.25) is 11.8 Å². The Hall–Kier alpha value is -1.89. The summed E-state index contributed by atoms with van der Waals surface area (Å²) in [7, 11) is 1.83. The highest BCUT2D eigenvalue weighted by Gasteiger charge is 2.68. The molecule has 0 unspecified atom stereocenters. The highest BCUT2D eigenvalue weighted by molar-refractivity contribution is 5.87. The molecule has 138 valence electrons. The zero-order chi connectivity index (χ0) is 18.4. The van der Waals surface area contributed by atoms with Crippen LogP contribution >= 0.6 is 0 Å². The topological polar surface area (TPSA) is 85.2 Å². The van der Waals surface area contributed by atoms with E-state index >= 15 is 0 Å². The number of aryl methyl sites for hydroxylation is 1. The third kappa shape index (κ3) is 3.05. The summed E-state index contributed by atoms with van der Waals surface area (Å²) >= 11 is 0. The summed E-state index contributed by atoms with van der Waals surface area (Å²) in [5.74, 6) is -0.772. The van der Waals surface area contributed by atoms with Crippen LogP contribution in [0.15, 0.2) is 12.4 Å². The van der Waals surface area contributed by atoms with Crippen LogP contribution in [0.3, 0.4) is 0 Å². The second-order valence-electron chi connectivity index (χ2n) is 8.34. The highest BCUT2D eigenvalue weighted by atomic mass is 16.5. The fraction of sp³-hybridized carbons (Fsp3) is 0.722. The maximum Gasteiger partial charge on any atom is 0.244 e. The van der Waals surface area contributed by atoms with E-state index in [1.165, 1.54) is 0 Å². The van der Waals surface area contributed by atoms with Crippen LogP contribution in [0.4, 0.5) is 0 Å². The highest BCUT2D eigenvalue weighted by Crippen LogP contribution is 2.68. The van der Waals surface area contributed by atoms with Gasteiger partial charge >= 0.3 is 0 Å². The van der Waals surface area contributed by atoms with Crippen molar-refractivity contribution in [1.29, 1.82) is 0 Å². The van der Waals surface area contributed by atoms with Crippen molar-refractivity contribution in [2.45, 2.75) is 46.6 Å². The van der Waals surface area contributed by atoms with Gasteiger partial charge in [-0.05, 0) is 23.7 Å². The number of aromatic nitrogens is 2. The van der Waals surface area contributed by atoms with Crippen molar-refractivity contribution in [3.63, 3.8) is 0 Å². The predicted octanol–water partition coefficient (Wildman–Crippen LogP) is 1.72. The molecule has 1 aliphatic carbocycles. The monoisotopic (exact) mass is 348 g/mol. The molecule has 2 heterocycles. The number of carbonyl (C=O) groups is 2. The number of nitrogens with zero attached hydrogens (tertiary/aromatic N) is 2. The summed E-state index contributed by atoms with van der Waals surface area (Å²) in [6.07, 6.45) is 4.81. The average molecular weight is 348 g/mol. The molecule has 1 aliphatic heterocycles. The minimum Gasteiger partial charge on any atom is -0.373 e. The third-order valence-corrected chi connectivity index (χ3v) is 6.30. The molecule has 2 amide bonds. The molecule has 2 N–H and O–H groups in total. The molecule has 2 atom stereocenters. The Labute approximate surface area is 148 Å². The van der Waals surface area contributed by atoms with Gasteiger partial charge in [-0.15, -0.1) is 0 Å². The van der Waals surface area contributed by atoms with Crippen LogP contribution in [0.1, 0.15) is 52.2 Å². The number of nitrogens with one attached hydrogen (secondary N) is 2. The zero-order valence-corrected chi connectivity index (χ0v) is 15.6. The standard InChI is InChI=1S/C18H28N4O3/c1-17(2)14(18(17,3)4)16(24)21-20-15(23)12-7-6-8-25-13(12)11-9-19-22(5)10-11/h9-10,12-14H,6-8H2,1-5H3,(H,20,23)(H,21,24)/t12-,13+/m1/s1. The van der Waals surface area contributed by atoms with Gasteiger partial charge in [0, 0.05) is 25.4 Å². The van der Waals surface area contributed by atoms with Crippen molar-refractivity contribution in [3.8, 4) is 0 Å². The van der Waals surface area contributed by atoms with Crippen molar-refractivity contribution in [1.82, 2.24) is 20.6 Å². The van der Waals surface area contributed by atoms with E-state index in [0.717, 1.165) is 18.4 Å². The van der Waals surface area contributed by atoms with E-state index in [9.17, 15) is 9.59 Å². The summed E-state index contributed by atoms with van der Waals surface area (Å²) in [4.78, 5) is 25.0. The molecular weight excluding hydrogens is 320 g/mol. The van der Waals surface area contributed by atoms with Gasteiger partial charge in [-0.2, -0.15) is 5.10 Å². The minimum atomic E-state index is -0.335. The van der Waals surface area contributed by atoms with Crippen LogP contribution in [0.2, 0.25) is 0 Å². The molecular formula is C18H28N4O3. The van der Waals surface area contributed by atoms with Gasteiger partial charge < -0.3 is 4.74 Å². The number of rotatable bonds is 3. The zero-order valence-electron chi connectivity index (χ0n) is 15.6. The van der Waals surface area contributed by atoms with Crippen molar-refractivity contribution in [2.24, 2.45) is 29.7 Å². The first-order chi connectivity index (χ1) is 11.7. The Morgan fingerprint density at radius 3 is 2.40 bits per heavy atom. The summed E-state index contributed by atoms with van der Waals surface area (Å²) in [5, 5.41) is 4.16. The smallest absolute Gasteiger partial charge is 0.244 e. The SMILES string of the molecule is Cn1cc([C@@H]2OCCC[C@H]2C(=O)NNC(=O)C2C(C)(C)C2(C)C)cn1. The van der Waals surface area contributed by atoms with Gasteiger partial charge in [-0.3, -0.25) is 25.1 Å². The van der Waals surface area contributed by atoms with Crippen LogP contribution in [0.25, 0.3) is 0 Å². The number of hydrogen-bond acceptors (Lipinski definition) is 4. The first kappa shape index (κ1) is 17.9. The predicted molar refractivity (Wildman–Crippen MR) is 92.0 cm³/mol. The van der Waals surface area contributed by atoms with Gasteiger partial charge in [-0.1, -0.05) is 27.7 Å². The van der Waals surface area contributed by atoms with Gasteiger partial charge in [0.05, 0.1) is 24.1 Å². The molecule has 0 radical (unpaired) electrons. The molecule has 0 spiro atoms. The number of amides is 2. The van der Waals surface area contributed by atoms with Crippen LogP contribution in [0, 0.1) is 22.7 Å². The maximum atomic E-state index is 12.6. The second kappa shape index (κ2) is 6.12. The first-order valence-electron chi connectivity index (χ1n) is 8.86. The molecule has 25 heavy (non-hydrogen) atoms. The molecule has 7 nitrogen and oxygen atoms in total. The number of ether oxygens (including phenoxy) is 1. The molecule has 1 aromatic heterocycles. The lowest BCUT2D eigenvalue weighted by molar-refractivity contribution is -0.139. The van der Waals surface area contributed by atoms with Crippen molar-refractivity contribution in [2.75, 3.05) is 6.61 Å². The molecule has 3 rings (SSSR count). The van der Waals surface area contributed by atoms with Crippen LogP contribution in [-0.2, 0) is 21.4 Å². The minimum absolute atomic E-state index is 0.0615. The molecule has 1 aromatic rings. The van der Waals surface area contributed by atoms with E-state index in [-0.39, 0.29) is 40.6 Å². The van der Waals surface area contributed by atoms with E-state index in [4.69, 9.17) is 4.74 Å². The summed E-state index contributed by atoms with van der Waals surface area (Å²) in [6, 6.07) is 0. The summed E-state index contributed by atoms with van der Waals surface area (Å²) in [5.41, 5.74) is 5.99. The Morgan fingerprint density at radius 2 is 1.84 bits per heavy atom. The lowest BCUT2D eigenvalue weighted by atomic mass is 9.90. The van der Waals surface area contributed by atoms with E-state index in [2.05, 4.69) is 43.6 Å². The van der Waals surface area contributed by atoms with E-state index in [1.54, 1.807) is 10.9 Å². The van der Waals surface area contributed by atoms with Crippen molar-refractivity contribution < 1.29 is 14.3 Å². The van der Waals surface area contributed by atoms with Crippen LogP contribution < -0.4 is 10.9 Å². The van der Waals surface area contributed by atoms with E-state index in [1.807, 2.05) is 13.2 Å². The average Bonchev–Trinajstić information content (AvgIpc) is 2.86. The fourth-order valence-corrected chi connectivity index (χ4v) is 4.11. The van der Waals surface area contributed by atoms with Gasteiger partial charge in [-0.25, -0.2) is 0 Å². The molecule has 7 heteroatoms. The second-order valence-corrected chi connectivity index (χ2v) is 8.34. The first-order valence-corrected chi connectivity index (χ1v) is 8.86. The molecule has 0 bridgehead atoms. The normalized spacial score (nSPS) is 27.6. The molecule has 0 aromatic carbocycles. The number of carbonyl (C=O) groups excluding carboxylic acids is 2. The van der Waals surface area contributed by atoms with Gasteiger partial charge in [0.1, 0.15) is 0 Å². The lowest BCUT2D eigenvalue weighted by Gasteiger charge is -2.30. The number of hydrazine groups is 1. The van der Waals surface area contributed by atoms with Crippen LogP contribution in [-0.4, -0.2) is 28.2 Å². The molecule has 2 aliphatic rings. The fourth-order valence-electron chi connectivity index (χ4n) is 4.11. The van der Waals surface area contributed by atoms with Gasteiger partial charge in [0.15, 0.2) is 0 Å². The molecule has 1 saturated heterocycles. The quantitative estimate of drug-likeness (QED) is 0.815. The Balaban J connectivity index is 1.61. The Morgan fingerprint density at radius 1 is 1.20 bits per heavy atom. The third-order valence-electron chi connectivity index (χ3n) is 6.30. The Bertz CT molecular complexity index is 666. The van der Waals surface area contributed by atoms with Crippen molar-refractivity contribution >= 4 is 11.8 Å². The molecule has 1 saturated carbocycles. The van der Waals surface area contributed by atoms with E-state index < -0.39 is 0 Å². The maximum absolute atomic E-state index is 12.6. The largest absolute Gasteiger partial charge is 0.373 e. The summed E-state index contributed by atoms with van der Waals surface area (Å²) < 4.78 is 7.51. The Kier molecular flexibility index (Phi) is 4.39. The lowest BCUT2D eigenvalue weighted by Crippen LogP contribution is -2.48. The van der Waals surface area contributed by atoms with Crippen molar-refractivity contribution in [3.05, 3.63) is 18.0 Å².